The second-order valence-electron chi connectivity index (χ2n) is 7.62. The molecule has 0 aromatic heterocycles. The topological polar surface area (TPSA) is 58.4 Å². The van der Waals surface area contributed by atoms with E-state index in [-0.39, 0.29) is 5.91 Å². The summed E-state index contributed by atoms with van der Waals surface area (Å²) in [5.74, 6) is 0.694. The molecule has 0 aliphatic carbocycles. The summed E-state index contributed by atoms with van der Waals surface area (Å²) in [5.41, 5.74) is 9.37. The van der Waals surface area contributed by atoms with E-state index in [1.54, 1.807) is 0 Å². The molecule has 0 saturated carbocycles. The zero-order valence-electron chi connectivity index (χ0n) is 14.5. The predicted molar refractivity (Wildman–Crippen MR) is 94.3 cm³/mol. The summed E-state index contributed by atoms with van der Waals surface area (Å²) in [6.45, 7) is 12.2. The van der Waals surface area contributed by atoms with Crippen molar-refractivity contribution in [2.45, 2.75) is 47.5 Å². The smallest absolute Gasteiger partial charge is 0.229 e. The summed E-state index contributed by atoms with van der Waals surface area (Å²) < 4.78 is 0. The van der Waals surface area contributed by atoms with E-state index in [1.807, 2.05) is 32.9 Å². The molecule has 1 atom stereocenters. The van der Waals surface area contributed by atoms with E-state index in [1.165, 1.54) is 24.1 Å². The van der Waals surface area contributed by atoms with E-state index in [2.05, 4.69) is 24.1 Å². The Hall–Kier alpha value is -1.71. The zero-order chi connectivity index (χ0) is 16.5. The van der Waals surface area contributed by atoms with Gasteiger partial charge in [0, 0.05) is 24.2 Å². The van der Waals surface area contributed by atoms with Crippen LogP contribution in [0.3, 0.4) is 0 Å². The number of nitrogens with two attached hydrogens (primary N) is 1. The predicted octanol–water partition coefficient (Wildman–Crippen LogP) is 3.80. The molecule has 1 aliphatic heterocycles. The van der Waals surface area contributed by atoms with Gasteiger partial charge in [-0.3, -0.25) is 4.79 Å². The Kier molecular flexibility index (Phi) is 4.69. The van der Waals surface area contributed by atoms with E-state index in [0.29, 0.717) is 11.6 Å². The first-order chi connectivity index (χ1) is 10.2. The van der Waals surface area contributed by atoms with E-state index in [0.717, 1.165) is 18.8 Å². The second kappa shape index (κ2) is 6.19. The second-order valence-corrected chi connectivity index (χ2v) is 7.62. The maximum atomic E-state index is 12.2. The van der Waals surface area contributed by atoms with Crippen molar-refractivity contribution >= 4 is 23.0 Å². The number of carbonyl (C=O) groups excluding carboxylic acids is 1. The zero-order valence-corrected chi connectivity index (χ0v) is 14.5. The van der Waals surface area contributed by atoms with Crippen molar-refractivity contribution in [1.29, 1.82) is 0 Å². The minimum atomic E-state index is -0.433. The van der Waals surface area contributed by atoms with E-state index in [9.17, 15) is 4.79 Å². The van der Waals surface area contributed by atoms with Crippen LogP contribution in [0.2, 0.25) is 0 Å². The lowest BCUT2D eigenvalue weighted by Crippen LogP contribution is -2.35. The highest BCUT2D eigenvalue weighted by atomic mass is 16.2. The molecule has 1 heterocycles. The average molecular weight is 303 g/mol. The summed E-state index contributed by atoms with van der Waals surface area (Å²) in [6.07, 6.45) is 2.51. The molecule has 0 radical (unpaired) electrons. The van der Waals surface area contributed by atoms with E-state index in [4.69, 9.17) is 5.73 Å². The van der Waals surface area contributed by atoms with Gasteiger partial charge in [0.2, 0.25) is 5.91 Å². The number of amides is 1. The number of anilines is 3. The third-order valence-electron chi connectivity index (χ3n) is 4.30. The molecule has 22 heavy (non-hydrogen) atoms. The van der Waals surface area contributed by atoms with Crippen LogP contribution in [0.15, 0.2) is 12.1 Å². The van der Waals surface area contributed by atoms with Crippen LogP contribution in [-0.2, 0) is 4.79 Å². The molecule has 4 nitrogen and oxygen atoms in total. The molecule has 122 valence electrons. The number of rotatable bonds is 2. The molecule has 1 aromatic carbocycles. The monoisotopic (exact) mass is 303 g/mol. The Balaban J connectivity index is 2.28. The fraction of sp³-hybridized carbons (Fsp3) is 0.611. The van der Waals surface area contributed by atoms with Gasteiger partial charge in [-0.05, 0) is 43.4 Å². The molecule has 1 saturated heterocycles. The molecule has 1 unspecified atom stereocenters. The normalized spacial score (nSPS) is 19.1. The average Bonchev–Trinajstić information content (AvgIpc) is 2.40. The highest BCUT2D eigenvalue weighted by Gasteiger charge is 2.23. The Morgan fingerprint density at radius 1 is 1.36 bits per heavy atom. The van der Waals surface area contributed by atoms with Crippen molar-refractivity contribution < 1.29 is 4.79 Å². The molecule has 1 fully saturated rings. The number of carbonyl (C=O) groups is 1. The first-order valence-electron chi connectivity index (χ1n) is 8.15. The summed E-state index contributed by atoms with van der Waals surface area (Å²) in [4.78, 5) is 14.6. The summed E-state index contributed by atoms with van der Waals surface area (Å²) in [7, 11) is 0. The van der Waals surface area contributed by atoms with Crippen molar-refractivity contribution in [1.82, 2.24) is 0 Å². The van der Waals surface area contributed by atoms with Gasteiger partial charge in [-0.1, -0.05) is 27.7 Å². The fourth-order valence-corrected chi connectivity index (χ4v) is 2.89. The van der Waals surface area contributed by atoms with Gasteiger partial charge in [-0.2, -0.15) is 0 Å². The van der Waals surface area contributed by atoms with Crippen LogP contribution in [0.5, 0.6) is 0 Å². The molecule has 1 aromatic rings. The minimum absolute atomic E-state index is 0.0129. The standard InChI is InChI=1S/C18H29N3O/c1-12-7-6-8-21(11-12)16-10-15(14(19)9-13(16)2)20-17(22)18(3,4)5/h9-10,12H,6-8,11,19H2,1-5H3,(H,20,22). The molecular weight excluding hydrogens is 274 g/mol. The molecule has 4 heteroatoms. The Morgan fingerprint density at radius 3 is 2.64 bits per heavy atom. The number of nitrogens with zero attached hydrogens (tertiary/aromatic N) is 1. The molecular formula is C18H29N3O. The van der Waals surface area contributed by atoms with Gasteiger partial charge in [-0.15, -0.1) is 0 Å². The Morgan fingerprint density at radius 2 is 2.05 bits per heavy atom. The molecule has 0 spiro atoms. The number of hydrogen-bond donors (Lipinski definition) is 2. The number of nitrogens with one attached hydrogen (secondary N) is 1. The molecule has 2 rings (SSSR count). The van der Waals surface area contributed by atoms with Crippen molar-refractivity contribution in [2.24, 2.45) is 11.3 Å². The fourth-order valence-electron chi connectivity index (χ4n) is 2.89. The van der Waals surface area contributed by atoms with Gasteiger partial charge in [0.25, 0.3) is 0 Å². The van der Waals surface area contributed by atoms with Crippen molar-refractivity contribution in [3.8, 4) is 0 Å². The first-order valence-corrected chi connectivity index (χ1v) is 8.15. The van der Waals surface area contributed by atoms with Crippen LogP contribution in [0.1, 0.15) is 46.1 Å². The number of aryl methyl sites for hydroxylation is 1. The van der Waals surface area contributed by atoms with Crippen LogP contribution in [0.4, 0.5) is 17.1 Å². The van der Waals surface area contributed by atoms with Gasteiger partial charge in [0.15, 0.2) is 0 Å². The van der Waals surface area contributed by atoms with E-state index >= 15 is 0 Å². The SMILES string of the molecule is Cc1cc(N)c(NC(=O)C(C)(C)C)cc1N1CCCC(C)C1. The lowest BCUT2D eigenvalue weighted by Gasteiger charge is -2.34. The van der Waals surface area contributed by atoms with Crippen LogP contribution in [-0.4, -0.2) is 19.0 Å². The van der Waals surface area contributed by atoms with Crippen LogP contribution >= 0.6 is 0 Å². The summed E-state index contributed by atoms with van der Waals surface area (Å²) >= 11 is 0. The summed E-state index contributed by atoms with van der Waals surface area (Å²) in [5, 5.41) is 2.98. The van der Waals surface area contributed by atoms with Crippen molar-refractivity contribution in [3.63, 3.8) is 0 Å². The quantitative estimate of drug-likeness (QED) is 0.817. The van der Waals surface area contributed by atoms with Gasteiger partial charge in [-0.25, -0.2) is 0 Å². The highest BCUT2D eigenvalue weighted by molar-refractivity contribution is 5.98. The number of benzene rings is 1. The Bertz CT molecular complexity index is 560. The van der Waals surface area contributed by atoms with Gasteiger partial charge in [0.1, 0.15) is 0 Å². The number of nitrogen functional groups attached to an aromatic ring is 1. The molecule has 3 N–H and O–H groups in total. The largest absolute Gasteiger partial charge is 0.397 e. The summed E-state index contributed by atoms with van der Waals surface area (Å²) in [6, 6.07) is 4.00. The third-order valence-corrected chi connectivity index (χ3v) is 4.30. The van der Waals surface area contributed by atoms with Crippen LogP contribution in [0.25, 0.3) is 0 Å². The first kappa shape index (κ1) is 16.7. The van der Waals surface area contributed by atoms with Gasteiger partial charge in [0.05, 0.1) is 11.4 Å². The lowest BCUT2D eigenvalue weighted by molar-refractivity contribution is -0.123. The Labute approximate surface area is 134 Å². The van der Waals surface area contributed by atoms with Crippen molar-refractivity contribution in [3.05, 3.63) is 17.7 Å². The minimum Gasteiger partial charge on any atom is -0.397 e. The van der Waals surface area contributed by atoms with Crippen LogP contribution < -0.4 is 16.0 Å². The molecule has 0 bridgehead atoms. The van der Waals surface area contributed by atoms with Gasteiger partial charge < -0.3 is 16.0 Å². The maximum Gasteiger partial charge on any atom is 0.229 e. The third kappa shape index (κ3) is 3.73. The number of piperidine rings is 1. The lowest BCUT2D eigenvalue weighted by atomic mass is 9.95. The number of hydrogen-bond acceptors (Lipinski definition) is 3. The highest BCUT2D eigenvalue weighted by Crippen LogP contribution is 2.33. The molecule has 1 aliphatic rings. The van der Waals surface area contributed by atoms with Crippen molar-refractivity contribution in [2.75, 3.05) is 29.0 Å². The van der Waals surface area contributed by atoms with Gasteiger partial charge >= 0.3 is 0 Å². The maximum absolute atomic E-state index is 12.2. The van der Waals surface area contributed by atoms with Crippen LogP contribution in [0, 0.1) is 18.3 Å². The van der Waals surface area contributed by atoms with E-state index < -0.39 is 5.41 Å². The molecule has 1 amide bonds.